The van der Waals surface area contributed by atoms with E-state index < -0.39 is 8.17 Å². The quantitative estimate of drug-likeness (QED) is 0.820. The molecule has 0 bridgehead atoms. The van der Waals surface area contributed by atoms with E-state index in [1.54, 1.807) is 0 Å². The van der Waals surface area contributed by atoms with Crippen LogP contribution in [0.3, 0.4) is 0 Å². The van der Waals surface area contributed by atoms with Crippen LogP contribution in [0.1, 0.15) is 13.8 Å². The maximum Gasteiger partial charge on any atom is 0.429 e. The van der Waals surface area contributed by atoms with Gasteiger partial charge in [0.05, 0.1) is 0 Å². The Hall–Kier alpha value is -0.870. The molecule has 0 unspecified atom stereocenters. The zero-order valence-corrected chi connectivity index (χ0v) is 10.6. The van der Waals surface area contributed by atoms with Crippen LogP contribution in [0.15, 0.2) is 24.3 Å². The molecule has 1 aromatic carbocycles. The first-order valence-corrected chi connectivity index (χ1v) is 6.72. The van der Waals surface area contributed by atoms with Gasteiger partial charge in [-0.15, -0.1) is 0 Å². The summed E-state index contributed by atoms with van der Waals surface area (Å²) in [5.41, 5.74) is -0.160. The summed E-state index contributed by atoms with van der Waals surface area (Å²) in [6, 6.07) is 5.88. The van der Waals surface area contributed by atoms with Crippen LogP contribution in [0.25, 0.3) is 0 Å². The van der Waals surface area contributed by atoms with E-state index in [2.05, 4.69) is 0 Å². The second-order valence-electron chi connectivity index (χ2n) is 4.74. The van der Waals surface area contributed by atoms with Crippen molar-refractivity contribution in [2.75, 3.05) is 13.2 Å². The lowest BCUT2D eigenvalue weighted by molar-refractivity contribution is -0.254. The number of aromatic hydroxyl groups is 1. The summed E-state index contributed by atoms with van der Waals surface area (Å²) in [7, 11) is -3.51. The van der Waals surface area contributed by atoms with Crippen molar-refractivity contribution in [3.63, 3.8) is 0 Å². The summed E-state index contributed by atoms with van der Waals surface area (Å²) in [5.74, 6) is 0.452. The van der Waals surface area contributed by atoms with Crippen LogP contribution in [0.5, 0.6) is 11.5 Å². The molecule has 0 aliphatic carbocycles. The molecule has 0 amide bonds. The number of phosphoric acid groups is 1. The zero-order chi connectivity index (χ0) is 12.5. The van der Waals surface area contributed by atoms with Gasteiger partial charge in [0.25, 0.3) is 0 Å². The average molecular weight is 258 g/mol. The van der Waals surface area contributed by atoms with Crippen LogP contribution in [0.2, 0.25) is 0 Å². The molecule has 1 saturated heterocycles. The number of phosphoric ester groups is 1. The first kappa shape index (κ1) is 12.6. The van der Waals surface area contributed by atoms with Crippen molar-refractivity contribution in [1.82, 2.24) is 0 Å². The first-order chi connectivity index (χ1) is 7.89. The standard InChI is InChI=1S/C11H15O5P/c1-11(2)7-14-17(13,15-8-11)16-10-5-3-9(12)4-6-10/h3-6,12H,7-8H2,1-2H3. The monoisotopic (exact) mass is 258 g/mol. The van der Waals surface area contributed by atoms with Crippen molar-refractivity contribution in [2.24, 2.45) is 5.41 Å². The van der Waals surface area contributed by atoms with Crippen LogP contribution >= 0.6 is 8.17 Å². The fraction of sp³-hybridized carbons (Fsp3) is 0.455. The normalized spacial score (nSPS) is 22.1. The molecular formula is C11H15O5P. The molecule has 2 rings (SSSR count). The molecule has 5 nitrogen and oxygen atoms in total. The van der Waals surface area contributed by atoms with Gasteiger partial charge >= 0.3 is 8.17 Å². The van der Waals surface area contributed by atoms with E-state index in [0.717, 1.165) is 0 Å². The number of phenolic OH excluding ortho intramolecular Hbond substituents is 1. The average Bonchev–Trinajstić information content (AvgIpc) is 2.27. The predicted molar refractivity (Wildman–Crippen MR) is 61.3 cm³/mol. The Morgan fingerprint density at radius 1 is 1.24 bits per heavy atom. The van der Waals surface area contributed by atoms with Crippen molar-refractivity contribution in [3.05, 3.63) is 24.3 Å². The van der Waals surface area contributed by atoms with E-state index in [1.807, 2.05) is 13.8 Å². The summed E-state index contributed by atoms with van der Waals surface area (Å²) < 4.78 is 15.5. The minimum Gasteiger partial charge on any atom is -0.598 e. The molecule has 0 saturated carbocycles. The molecule has 0 atom stereocenters. The third-order valence-corrected chi connectivity index (χ3v) is 3.61. The van der Waals surface area contributed by atoms with Gasteiger partial charge < -0.3 is 10.00 Å². The Labute approximate surface area is 101 Å². The lowest BCUT2D eigenvalue weighted by Crippen LogP contribution is -2.36. The molecule has 0 aromatic heterocycles. The second-order valence-corrected chi connectivity index (χ2v) is 6.34. The molecule has 1 N–H and O–H groups in total. The summed E-state index contributed by atoms with van der Waals surface area (Å²) in [4.78, 5) is 12.0. The first-order valence-electron chi connectivity index (χ1n) is 5.26. The lowest BCUT2D eigenvalue weighted by Gasteiger charge is -2.35. The summed E-state index contributed by atoms with van der Waals surface area (Å²) >= 11 is 0. The van der Waals surface area contributed by atoms with E-state index in [1.165, 1.54) is 24.3 Å². The Bertz CT molecular complexity index is 379. The molecule has 94 valence electrons. The van der Waals surface area contributed by atoms with Crippen molar-refractivity contribution >= 4 is 8.17 Å². The Kier molecular flexibility index (Phi) is 3.27. The number of benzene rings is 1. The van der Waals surface area contributed by atoms with Crippen LogP contribution in [-0.2, 0) is 9.05 Å². The van der Waals surface area contributed by atoms with E-state index in [9.17, 15) is 4.89 Å². The van der Waals surface area contributed by atoms with Crippen molar-refractivity contribution < 1.29 is 23.6 Å². The van der Waals surface area contributed by atoms with Crippen molar-refractivity contribution in [2.45, 2.75) is 13.8 Å². The van der Waals surface area contributed by atoms with Gasteiger partial charge in [0.1, 0.15) is 19.0 Å². The topological polar surface area (TPSA) is 71.0 Å². The van der Waals surface area contributed by atoms with Gasteiger partial charge in [-0.3, -0.25) is 4.52 Å². The Morgan fingerprint density at radius 3 is 2.29 bits per heavy atom. The van der Waals surface area contributed by atoms with Crippen LogP contribution < -0.4 is 9.42 Å². The largest absolute Gasteiger partial charge is 0.598 e. The Balaban J connectivity index is 2.01. The molecule has 1 aromatic rings. The summed E-state index contributed by atoms with van der Waals surface area (Å²) in [5, 5.41) is 9.11. The number of phenols is 1. The number of hydrogen-bond acceptors (Lipinski definition) is 5. The van der Waals surface area contributed by atoms with Gasteiger partial charge in [0, 0.05) is 5.41 Å². The predicted octanol–water partition coefficient (Wildman–Crippen LogP) is 1.88. The summed E-state index contributed by atoms with van der Waals surface area (Å²) in [6.07, 6.45) is 0. The highest BCUT2D eigenvalue weighted by Crippen LogP contribution is 2.57. The van der Waals surface area contributed by atoms with Gasteiger partial charge in [0.15, 0.2) is 5.75 Å². The summed E-state index contributed by atoms with van der Waals surface area (Å²) in [6.45, 7) is 4.55. The molecule has 1 aliphatic heterocycles. The van der Waals surface area contributed by atoms with Gasteiger partial charge in [0.2, 0.25) is 0 Å². The highest BCUT2D eigenvalue weighted by atomic mass is 31.2. The van der Waals surface area contributed by atoms with E-state index in [0.29, 0.717) is 19.0 Å². The minimum absolute atomic E-state index is 0.113. The van der Waals surface area contributed by atoms with E-state index >= 15 is 0 Å². The highest BCUT2D eigenvalue weighted by Gasteiger charge is 2.44. The Morgan fingerprint density at radius 2 is 1.76 bits per heavy atom. The van der Waals surface area contributed by atoms with Crippen LogP contribution in [0.4, 0.5) is 0 Å². The molecule has 1 fully saturated rings. The lowest BCUT2D eigenvalue weighted by atomic mass is 9.97. The zero-order valence-electron chi connectivity index (χ0n) is 9.75. The molecule has 0 radical (unpaired) electrons. The van der Waals surface area contributed by atoms with Gasteiger partial charge in [-0.2, -0.15) is 9.05 Å². The smallest absolute Gasteiger partial charge is 0.429 e. The van der Waals surface area contributed by atoms with Gasteiger partial charge in [-0.1, -0.05) is 13.8 Å². The van der Waals surface area contributed by atoms with Gasteiger partial charge in [-0.05, 0) is 24.3 Å². The number of hydrogen-bond donors (Lipinski definition) is 1. The van der Waals surface area contributed by atoms with Crippen molar-refractivity contribution in [1.29, 1.82) is 0 Å². The maximum absolute atomic E-state index is 12.0. The van der Waals surface area contributed by atoms with E-state index in [4.69, 9.17) is 18.7 Å². The maximum atomic E-state index is 12.0. The minimum atomic E-state index is -3.51. The van der Waals surface area contributed by atoms with Crippen LogP contribution in [-0.4, -0.2) is 18.3 Å². The molecular weight excluding hydrogens is 243 g/mol. The SMILES string of the molecule is CC1(C)CO[P+]([O-])(Oc2ccc(O)cc2)OC1. The highest BCUT2D eigenvalue weighted by molar-refractivity contribution is 7.54. The molecule has 6 heteroatoms. The molecule has 1 aliphatic rings. The second kappa shape index (κ2) is 4.42. The third kappa shape index (κ3) is 3.30. The fourth-order valence-corrected chi connectivity index (χ4v) is 2.85. The molecule has 1 heterocycles. The van der Waals surface area contributed by atoms with Crippen molar-refractivity contribution in [3.8, 4) is 11.5 Å². The van der Waals surface area contributed by atoms with Crippen LogP contribution in [0, 0.1) is 5.41 Å². The van der Waals surface area contributed by atoms with Gasteiger partial charge in [-0.25, -0.2) is 0 Å². The van der Waals surface area contributed by atoms with E-state index in [-0.39, 0.29) is 11.2 Å². The molecule has 17 heavy (non-hydrogen) atoms. The number of rotatable bonds is 2. The fourth-order valence-electron chi connectivity index (χ4n) is 1.28. The third-order valence-electron chi connectivity index (χ3n) is 2.28. The molecule has 0 spiro atoms.